The van der Waals surface area contributed by atoms with Crippen LogP contribution in [0.25, 0.3) is 0 Å². The Morgan fingerprint density at radius 1 is 0.905 bits per heavy atom. The summed E-state index contributed by atoms with van der Waals surface area (Å²) in [5.74, 6) is -5.87. The lowest BCUT2D eigenvalue weighted by molar-refractivity contribution is -0.137. The molecule has 0 saturated carbocycles. The molecule has 1 unspecified atom stereocenters. The zero-order valence-electron chi connectivity index (χ0n) is 10.1. The van der Waals surface area contributed by atoms with Gasteiger partial charge in [0.15, 0.2) is 5.82 Å². The lowest BCUT2D eigenvalue weighted by Gasteiger charge is -2.12. The van der Waals surface area contributed by atoms with Crippen LogP contribution >= 0.6 is 0 Å². The van der Waals surface area contributed by atoms with Crippen LogP contribution in [0, 0.1) is 17.7 Å². The van der Waals surface area contributed by atoms with Crippen molar-refractivity contribution < 1.29 is 26.3 Å². The molecule has 0 fully saturated rings. The molecule has 21 heavy (non-hydrogen) atoms. The highest BCUT2D eigenvalue weighted by Crippen LogP contribution is 2.30. The first-order chi connectivity index (χ1) is 9.70. The molecule has 0 aliphatic carbocycles. The number of halogens is 6. The van der Waals surface area contributed by atoms with Gasteiger partial charge in [0.1, 0.15) is 0 Å². The molecule has 0 aliphatic rings. The topological polar surface area (TPSA) is 51.8 Å². The predicted octanol–water partition coefficient (Wildman–Crippen LogP) is 2.96. The Bertz CT molecular complexity index is 630. The molecule has 1 aromatic heterocycles. The summed E-state index contributed by atoms with van der Waals surface area (Å²) < 4.78 is 75.8. The van der Waals surface area contributed by atoms with Gasteiger partial charge < -0.3 is 5.73 Å². The maximum absolute atomic E-state index is 13.0. The highest BCUT2D eigenvalue weighted by Gasteiger charge is 2.30. The summed E-state index contributed by atoms with van der Waals surface area (Å²) in [5.41, 5.74) is 4.79. The third-order valence-corrected chi connectivity index (χ3v) is 2.66. The average molecular weight is 307 g/mol. The number of hydrogen-bond donors (Lipinski definition) is 1. The predicted molar refractivity (Wildman–Crippen MR) is 59.4 cm³/mol. The number of nitrogens with two attached hydrogens (primary N) is 1. The van der Waals surface area contributed by atoms with Crippen LogP contribution in [-0.2, 0) is 6.18 Å². The third-order valence-electron chi connectivity index (χ3n) is 2.66. The largest absolute Gasteiger partial charge is 0.416 e. The van der Waals surface area contributed by atoms with E-state index in [0.717, 1.165) is 24.3 Å². The summed E-state index contributed by atoms with van der Waals surface area (Å²) >= 11 is 0. The molecule has 0 aliphatic heterocycles. The summed E-state index contributed by atoms with van der Waals surface area (Å²) in [5, 5.41) is 0. The monoisotopic (exact) mass is 307 g/mol. The van der Waals surface area contributed by atoms with Crippen molar-refractivity contribution in [2.45, 2.75) is 12.2 Å². The molecule has 0 amide bonds. The molecule has 112 valence electrons. The number of aromatic nitrogens is 2. The van der Waals surface area contributed by atoms with Crippen molar-refractivity contribution in [2.24, 2.45) is 5.73 Å². The van der Waals surface area contributed by atoms with Gasteiger partial charge in [-0.05, 0) is 17.7 Å². The normalized spacial score (nSPS) is 13.3. The van der Waals surface area contributed by atoms with Crippen LogP contribution in [0.1, 0.15) is 23.0 Å². The summed E-state index contributed by atoms with van der Waals surface area (Å²) in [6, 6.07) is 2.26. The van der Waals surface area contributed by atoms with E-state index < -0.39 is 41.3 Å². The van der Waals surface area contributed by atoms with E-state index in [-0.39, 0.29) is 5.56 Å². The average Bonchev–Trinajstić information content (AvgIpc) is 2.42. The fourth-order valence-electron chi connectivity index (χ4n) is 1.58. The van der Waals surface area contributed by atoms with Crippen molar-refractivity contribution in [2.75, 3.05) is 0 Å². The minimum atomic E-state index is -4.52. The van der Waals surface area contributed by atoms with Crippen LogP contribution in [0.3, 0.4) is 0 Å². The molecule has 2 N–H and O–H groups in total. The fraction of sp³-hybridized carbons (Fsp3) is 0.167. The van der Waals surface area contributed by atoms with Crippen LogP contribution in [0.2, 0.25) is 0 Å². The number of nitrogens with zero attached hydrogens (tertiary/aromatic N) is 2. The lowest BCUT2D eigenvalue weighted by atomic mass is 10.0. The van der Waals surface area contributed by atoms with Gasteiger partial charge in [-0.2, -0.15) is 36.3 Å². The molecule has 0 radical (unpaired) electrons. The molecule has 2 rings (SSSR count). The van der Waals surface area contributed by atoms with E-state index in [1.54, 1.807) is 0 Å². The minimum absolute atomic E-state index is 0.0911. The van der Waals surface area contributed by atoms with Crippen molar-refractivity contribution >= 4 is 0 Å². The van der Waals surface area contributed by atoms with Crippen molar-refractivity contribution in [1.29, 1.82) is 0 Å². The number of alkyl halides is 3. The molecule has 1 heterocycles. The molecule has 0 bridgehead atoms. The smallest absolute Gasteiger partial charge is 0.318 e. The summed E-state index contributed by atoms with van der Waals surface area (Å²) in [6.07, 6.45) is -4.52. The van der Waals surface area contributed by atoms with E-state index in [2.05, 4.69) is 9.97 Å². The Balaban J connectivity index is 2.34. The first-order valence-electron chi connectivity index (χ1n) is 5.51. The van der Waals surface area contributed by atoms with Gasteiger partial charge in [-0.1, -0.05) is 12.1 Å². The van der Waals surface area contributed by atoms with Gasteiger partial charge in [0.25, 0.3) is 11.9 Å². The number of hydrogen-bond acceptors (Lipinski definition) is 3. The molecule has 9 heteroatoms. The standard InChI is InChI=1S/C12H7F6N3/c13-7-9(14)20-11(21-10(7)15)8(19)5-1-3-6(4-2-5)12(16,17)18/h1-4,8H,19H2. The van der Waals surface area contributed by atoms with Crippen molar-refractivity contribution in [3.63, 3.8) is 0 Å². The van der Waals surface area contributed by atoms with Crippen molar-refractivity contribution in [3.8, 4) is 0 Å². The van der Waals surface area contributed by atoms with Gasteiger partial charge in [0, 0.05) is 0 Å². The molecule has 1 aromatic carbocycles. The molecule has 0 spiro atoms. The van der Waals surface area contributed by atoms with E-state index in [1.165, 1.54) is 0 Å². The number of rotatable bonds is 2. The van der Waals surface area contributed by atoms with Crippen LogP contribution in [0.4, 0.5) is 26.3 Å². The van der Waals surface area contributed by atoms with Gasteiger partial charge in [0.05, 0.1) is 11.6 Å². The highest BCUT2D eigenvalue weighted by atomic mass is 19.4. The summed E-state index contributed by atoms with van der Waals surface area (Å²) in [4.78, 5) is 6.08. The van der Waals surface area contributed by atoms with E-state index in [4.69, 9.17) is 5.73 Å². The first-order valence-corrected chi connectivity index (χ1v) is 5.51. The Morgan fingerprint density at radius 3 is 1.81 bits per heavy atom. The molecule has 0 saturated heterocycles. The quantitative estimate of drug-likeness (QED) is 0.685. The maximum atomic E-state index is 13.0. The molecule has 2 aromatic rings. The van der Waals surface area contributed by atoms with E-state index in [9.17, 15) is 26.3 Å². The van der Waals surface area contributed by atoms with Gasteiger partial charge in [-0.3, -0.25) is 0 Å². The van der Waals surface area contributed by atoms with Gasteiger partial charge in [-0.15, -0.1) is 0 Å². The first kappa shape index (κ1) is 15.2. The van der Waals surface area contributed by atoms with Crippen LogP contribution in [-0.4, -0.2) is 9.97 Å². The Hall–Kier alpha value is -2.16. The van der Waals surface area contributed by atoms with Gasteiger partial charge >= 0.3 is 6.18 Å². The molecule has 3 nitrogen and oxygen atoms in total. The fourth-order valence-corrected chi connectivity index (χ4v) is 1.58. The van der Waals surface area contributed by atoms with Crippen LogP contribution in [0.15, 0.2) is 24.3 Å². The second-order valence-corrected chi connectivity index (χ2v) is 4.07. The zero-order chi connectivity index (χ0) is 15.8. The van der Waals surface area contributed by atoms with E-state index >= 15 is 0 Å². The van der Waals surface area contributed by atoms with Crippen molar-refractivity contribution in [3.05, 3.63) is 58.9 Å². The van der Waals surface area contributed by atoms with Crippen molar-refractivity contribution in [1.82, 2.24) is 9.97 Å². The highest BCUT2D eigenvalue weighted by molar-refractivity contribution is 5.29. The number of benzene rings is 1. The second kappa shape index (κ2) is 5.32. The Kier molecular flexibility index (Phi) is 3.86. The molecular formula is C12H7F6N3. The second-order valence-electron chi connectivity index (χ2n) is 4.07. The summed E-state index contributed by atoms with van der Waals surface area (Å²) in [7, 11) is 0. The van der Waals surface area contributed by atoms with Gasteiger partial charge in [-0.25, -0.2) is 0 Å². The Morgan fingerprint density at radius 2 is 1.38 bits per heavy atom. The van der Waals surface area contributed by atoms with Crippen LogP contribution < -0.4 is 5.73 Å². The molecular weight excluding hydrogens is 300 g/mol. The SMILES string of the molecule is NC(c1ccc(C(F)(F)F)cc1)c1nc(F)c(F)c(F)n1. The minimum Gasteiger partial charge on any atom is -0.318 e. The zero-order valence-corrected chi connectivity index (χ0v) is 10.1. The lowest BCUT2D eigenvalue weighted by Crippen LogP contribution is -2.18. The Labute approximate surface area is 114 Å². The third kappa shape index (κ3) is 3.13. The van der Waals surface area contributed by atoms with E-state index in [1.807, 2.05) is 0 Å². The van der Waals surface area contributed by atoms with Gasteiger partial charge in [0.2, 0.25) is 5.82 Å². The van der Waals surface area contributed by atoms with Crippen LogP contribution in [0.5, 0.6) is 0 Å². The van der Waals surface area contributed by atoms with E-state index in [0.29, 0.717) is 0 Å². The molecule has 1 atom stereocenters. The summed E-state index contributed by atoms with van der Waals surface area (Å²) in [6.45, 7) is 0. The maximum Gasteiger partial charge on any atom is 0.416 e.